The Hall–Kier alpha value is -2.41. The number of aromatic nitrogens is 2. The number of anilines is 1. The lowest BCUT2D eigenvalue weighted by Gasteiger charge is -2.14. The predicted octanol–water partition coefficient (Wildman–Crippen LogP) is 1.33. The van der Waals surface area contributed by atoms with Gasteiger partial charge in [-0.25, -0.2) is 13.9 Å². The Morgan fingerprint density at radius 1 is 1.50 bits per heavy atom. The lowest BCUT2D eigenvalue weighted by molar-refractivity contribution is 0.0963. The molecule has 6 nitrogen and oxygen atoms in total. The van der Waals surface area contributed by atoms with E-state index in [9.17, 15) is 9.18 Å². The number of rotatable bonds is 3. The second kappa shape index (κ2) is 4.93. The van der Waals surface area contributed by atoms with E-state index in [0.29, 0.717) is 11.4 Å². The van der Waals surface area contributed by atoms with Crippen molar-refractivity contribution in [2.24, 2.45) is 0 Å². The first-order valence-corrected chi connectivity index (χ1v) is 6.07. The molecule has 0 unspecified atom stereocenters. The van der Waals surface area contributed by atoms with Crippen molar-refractivity contribution in [1.82, 2.24) is 9.78 Å². The molecule has 1 amide bonds. The second-order valence-electron chi connectivity index (χ2n) is 4.39. The van der Waals surface area contributed by atoms with Gasteiger partial charge in [0.2, 0.25) is 0 Å². The molecular formula is C13H12FN3O3. The summed E-state index contributed by atoms with van der Waals surface area (Å²) in [4.78, 5) is 12.9. The molecule has 1 aromatic carbocycles. The van der Waals surface area contributed by atoms with Crippen molar-refractivity contribution in [2.45, 2.75) is 6.10 Å². The molecule has 0 bridgehead atoms. The highest BCUT2D eigenvalue weighted by atomic mass is 19.1. The number of aliphatic hydroxyl groups excluding tert-OH is 1. The van der Waals surface area contributed by atoms with Crippen LogP contribution in [0.25, 0.3) is 5.69 Å². The molecule has 20 heavy (non-hydrogen) atoms. The van der Waals surface area contributed by atoms with Crippen molar-refractivity contribution >= 4 is 11.8 Å². The molecule has 2 heterocycles. The van der Waals surface area contributed by atoms with E-state index in [1.165, 1.54) is 21.7 Å². The monoisotopic (exact) mass is 277 g/mol. The number of cyclic esters (lactones) is 1. The Kier molecular flexibility index (Phi) is 3.11. The third kappa shape index (κ3) is 2.12. The number of hydrogen-bond acceptors (Lipinski definition) is 4. The number of hydrogen-bond donors (Lipinski definition) is 1. The second-order valence-corrected chi connectivity index (χ2v) is 4.39. The van der Waals surface area contributed by atoms with Crippen molar-refractivity contribution in [2.75, 3.05) is 18.1 Å². The van der Waals surface area contributed by atoms with Crippen LogP contribution in [0.15, 0.2) is 36.7 Å². The molecule has 7 heteroatoms. The molecule has 1 N–H and O–H groups in total. The normalized spacial score (nSPS) is 18.4. The zero-order chi connectivity index (χ0) is 14.1. The van der Waals surface area contributed by atoms with Gasteiger partial charge in [0, 0.05) is 12.4 Å². The fraction of sp³-hybridized carbons (Fsp3) is 0.231. The summed E-state index contributed by atoms with van der Waals surface area (Å²) in [5, 5.41) is 12.9. The fourth-order valence-corrected chi connectivity index (χ4v) is 2.09. The van der Waals surface area contributed by atoms with E-state index in [4.69, 9.17) is 9.84 Å². The van der Waals surface area contributed by atoms with Gasteiger partial charge in [-0.05, 0) is 24.3 Å². The van der Waals surface area contributed by atoms with Crippen LogP contribution >= 0.6 is 0 Å². The summed E-state index contributed by atoms with van der Waals surface area (Å²) in [6.07, 6.45) is 2.02. The van der Waals surface area contributed by atoms with E-state index in [-0.39, 0.29) is 13.2 Å². The van der Waals surface area contributed by atoms with Crippen LogP contribution in [0.1, 0.15) is 0 Å². The van der Waals surface area contributed by atoms with Crippen LogP contribution in [0, 0.1) is 5.82 Å². The van der Waals surface area contributed by atoms with Crippen LogP contribution in [-0.2, 0) is 4.74 Å². The van der Waals surface area contributed by atoms with Gasteiger partial charge < -0.3 is 9.84 Å². The van der Waals surface area contributed by atoms with Crippen LogP contribution in [0.5, 0.6) is 0 Å². The van der Waals surface area contributed by atoms with E-state index in [2.05, 4.69) is 5.10 Å². The molecule has 0 radical (unpaired) electrons. The number of benzene rings is 1. The van der Waals surface area contributed by atoms with E-state index >= 15 is 0 Å². The van der Waals surface area contributed by atoms with Crippen LogP contribution in [-0.4, -0.2) is 40.2 Å². The van der Waals surface area contributed by atoms with Crippen LogP contribution < -0.4 is 4.90 Å². The van der Waals surface area contributed by atoms with Crippen molar-refractivity contribution in [1.29, 1.82) is 0 Å². The molecule has 2 aromatic rings. The molecule has 0 spiro atoms. The van der Waals surface area contributed by atoms with Gasteiger partial charge in [-0.1, -0.05) is 0 Å². The molecule has 0 saturated carbocycles. The smallest absolute Gasteiger partial charge is 0.414 e. The maximum atomic E-state index is 14.1. The highest BCUT2D eigenvalue weighted by Crippen LogP contribution is 2.25. The van der Waals surface area contributed by atoms with Crippen molar-refractivity contribution in [3.8, 4) is 5.69 Å². The lowest BCUT2D eigenvalue weighted by Crippen LogP contribution is -2.25. The average Bonchev–Trinajstić information content (AvgIpc) is 3.07. The highest BCUT2D eigenvalue weighted by Gasteiger charge is 2.32. The van der Waals surface area contributed by atoms with Gasteiger partial charge in [-0.2, -0.15) is 5.10 Å². The molecule has 1 aliphatic heterocycles. The molecule has 104 valence electrons. The Morgan fingerprint density at radius 3 is 2.95 bits per heavy atom. The molecule has 1 saturated heterocycles. The van der Waals surface area contributed by atoms with Gasteiger partial charge in [0.25, 0.3) is 0 Å². The van der Waals surface area contributed by atoms with Crippen molar-refractivity contribution < 1.29 is 19.0 Å². The first-order chi connectivity index (χ1) is 9.69. The number of amides is 1. The summed E-state index contributed by atoms with van der Waals surface area (Å²) in [7, 11) is 0. The van der Waals surface area contributed by atoms with Crippen LogP contribution in [0.2, 0.25) is 0 Å². The highest BCUT2D eigenvalue weighted by molar-refractivity contribution is 5.89. The van der Waals surface area contributed by atoms with E-state index in [1.807, 2.05) is 0 Å². The topological polar surface area (TPSA) is 67.6 Å². The molecule has 1 atom stereocenters. The third-order valence-electron chi connectivity index (χ3n) is 3.07. The zero-order valence-corrected chi connectivity index (χ0v) is 10.4. The van der Waals surface area contributed by atoms with Gasteiger partial charge >= 0.3 is 6.09 Å². The Bertz CT molecular complexity index is 630. The van der Waals surface area contributed by atoms with Crippen LogP contribution in [0.4, 0.5) is 14.9 Å². The number of ether oxygens (including phenoxy) is 1. The zero-order valence-electron chi connectivity index (χ0n) is 10.4. The Balaban J connectivity index is 1.89. The fourth-order valence-electron chi connectivity index (χ4n) is 2.09. The summed E-state index contributed by atoms with van der Waals surface area (Å²) in [5.74, 6) is -0.494. The summed E-state index contributed by atoms with van der Waals surface area (Å²) in [5.41, 5.74) is 0.685. The molecule has 1 fully saturated rings. The van der Waals surface area contributed by atoms with Crippen LogP contribution in [0.3, 0.4) is 0 Å². The minimum Gasteiger partial charge on any atom is -0.441 e. The molecular weight excluding hydrogens is 265 g/mol. The Morgan fingerprint density at radius 2 is 2.35 bits per heavy atom. The predicted molar refractivity (Wildman–Crippen MR) is 68.2 cm³/mol. The minimum absolute atomic E-state index is 0.204. The summed E-state index contributed by atoms with van der Waals surface area (Å²) >= 11 is 0. The third-order valence-corrected chi connectivity index (χ3v) is 3.07. The summed E-state index contributed by atoms with van der Waals surface area (Å²) < 4.78 is 20.4. The van der Waals surface area contributed by atoms with Gasteiger partial charge in [-0.15, -0.1) is 0 Å². The number of halogens is 1. The quantitative estimate of drug-likeness (QED) is 0.919. The van der Waals surface area contributed by atoms with Crippen molar-refractivity contribution in [3.05, 3.63) is 42.5 Å². The van der Waals surface area contributed by atoms with E-state index in [1.54, 1.807) is 24.5 Å². The van der Waals surface area contributed by atoms with E-state index in [0.717, 1.165) is 0 Å². The average molecular weight is 277 g/mol. The number of nitrogens with zero attached hydrogens (tertiary/aromatic N) is 3. The summed E-state index contributed by atoms with van der Waals surface area (Å²) in [6, 6.07) is 6.09. The first-order valence-electron chi connectivity index (χ1n) is 6.07. The Labute approximate surface area is 114 Å². The standard InChI is InChI=1S/C13H12FN3O3/c14-11-6-9(16-7-10(8-18)20-13(16)19)2-3-12(11)17-5-1-4-15-17/h1-6,10,18H,7-8H2/t10-/m1/s1. The van der Waals surface area contributed by atoms with Crippen molar-refractivity contribution in [3.63, 3.8) is 0 Å². The largest absolute Gasteiger partial charge is 0.441 e. The van der Waals surface area contributed by atoms with Gasteiger partial charge in [-0.3, -0.25) is 4.90 Å². The first kappa shape index (κ1) is 12.6. The maximum absolute atomic E-state index is 14.1. The molecule has 1 aromatic heterocycles. The van der Waals surface area contributed by atoms with E-state index < -0.39 is 18.0 Å². The number of carbonyl (C=O) groups is 1. The van der Waals surface area contributed by atoms with Gasteiger partial charge in [0.05, 0.1) is 18.8 Å². The number of aliphatic hydroxyl groups is 1. The SMILES string of the molecule is O=C1O[C@@H](CO)CN1c1ccc(-n2cccn2)c(F)c1. The lowest BCUT2D eigenvalue weighted by atomic mass is 10.2. The maximum Gasteiger partial charge on any atom is 0.414 e. The van der Waals surface area contributed by atoms with Gasteiger partial charge in [0.1, 0.15) is 11.8 Å². The molecule has 1 aliphatic rings. The molecule has 3 rings (SSSR count). The number of carbonyl (C=O) groups excluding carboxylic acids is 1. The molecule has 0 aliphatic carbocycles. The minimum atomic E-state index is -0.588. The summed E-state index contributed by atoms with van der Waals surface area (Å²) in [6.45, 7) is -0.0496. The van der Waals surface area contributed by atoms with Gasteiger partial charge in [0.15, 0.2) is 5.82 Å².